The number of carbonyl (C=O) groups excluding carboxylic acids is 1. The maximum atomic E-state index is 11.1. The molecule has 1 aromatic carbocycles. The van der Waals surface area contributed by atoms with Crippen molar-refractivity contribution in [2.24, 2.45) is 0 Å². The molecule has 2 aromatic rings. The third-order valence-electron chi connectivity index (χ3n) is 3.01. The molecular formula is C16H11ClN2O2. The van der Waals surface area contributed by atoms with E-state index in [0.717, 1.165) is 16.8 Å². The monoisotopic (exact) mass is 298 g/mol. The molecule has 0 unspecified atom stereocenters. The van der Waals surface area contributed by atoms with E-state index in [1.807, 2.05) is 24.3 Å². The Bertz CT molecular complexity index is 732. The maximum absolute atomic E-state index is 11.1. The topological polar surface area (TPSA) is 51.2 Å². The summed E-state index contributed by atoms with van der Waals surface area (Å²) in [6.07, 6.45) is 1.26. The first-order valence-corrected chi connectivity index (χ1v) is 6.75. The van der Waals surface area contributed by atoms with Crippen molar-refractivity contribution in [1.82, 2.24) is 10.3 Å². The van der Waals surface area contributed by atoms with Crippen molar-refractivity contribution < 1.29 is 9.53 Å². The number of nitrogens with zero attached hydrogens (tertiary/aromatic N) is 1. The molecular weight excluding hydrogens is 288 g/mol. The molecule has 1 aliphatic rings. The first-order valence-electron chi connectivity index (χ1n) is 6.37. The summed E-state index contributed by atoms with van der Waals surface area (Å²) in [6.45, 7) is 0.292. The Labute approximate surface area is 127 Å². The predicted octanol–water partition coefficient (Wildman–Crippen LogP) is 2.92. The van der Waals surface area contributed by atoms with E-state index in [1.165, 1.54) is 0 Å². The maximum Gasteiger partial charge on any atom is 0.407 e. The van der Waals surface area contributed by atoms with Gasteiger partial charge in [-0.3, -0.25) is 4.98 Å². The van der Waals surface area contributed by atoms with Gasteiger partial charge in [0.05, 0.1) is 5.69 Å². The Morgan fingerprint density at radius 1 is 1.19 bits per heavy atom. The van der Waals surface area contributed by atoms with E-state index in [-0.39, 0.29) is 6.04 Å². The Hall–Kier alpha value is -2.51. The molecule has 1 saturated heterocycles. The number of carbonyl (C=O) groups is 1. The minimum absolute atomic E-state index is 0.213. The molecule has 5 heteroatoms. The van der Waals surface area contributed by atoms with E-state index in [0.29, 0.717) is 11.6 Å². The number of ether oxygens (including phenoxy) is 1. The molecule has 1 aliphatic heterocycles. The van der Waals surface area contributed by atoms with E-state index in [1.54, 1.807) is 18.3 Å². The number of aromatic nitrogens is 1. The van der Waals surface area contributed by atoms with Crippen molar-refractivity contribution in [3.05, 3.63) is 64.4 Å². The zero-order valence-corrected chi connectivity index (χ0v) is 11.7. The molecule has 0 aliphatic carbocycles. The van der Waals surface area contributed by atoms with Crippen LogP contribution in [0.1, 0.15) is 22.9 Å². The molecule has 0 bridgehead atoms. The number of benzene rings is 1. The lowest BCUT2D eigenvalue weighted by molar-refractivity contribution is 0.177. The van der Waals surface area contributed by atoms with E-state index < -0.39 is 6.09 Å². The van der Waals surface area contributed by atoms with Crippen molar-refractivity contribution in [3.63, 3.8) is 0 Å². The average molecular weight is 299 g/mol. The average Bonchev–Trinajstić information content (AvgIpc) is 2.94. The molecule has 0 radical (unpaired) electrons. The van der Waals surface area contributed by atoms with Crippen LogP contribution in [0.5, 0.6) is 0 Å². The summed E-state index contributed by atoms with van der Waals surface area (Å²) in [5.74, 6) is 6.13. The first-order chi connectivity index (χ1) is 10.2. The summed E-state index contributed by atoms with van der Waals surface area (Å²) >= 11 is 5.83. The number of amides is 1. The van der Waals surface area contributed by atoms with Crippen LogP contribution in [0, 0.1) is 11.8 Å². The Morgan fingerprint density at radius 3 is 2.67 bits per heavy atom. The predicted molar refractivity (Wildman–Crippen MR) is 78.9 cm³/mol. The normalized spacial score (nSPS) is 16.6. The van der Waals surface area contributed by atoms with Crippen molar-refractivity contribution in [3.8, 4) is 11.8 Å². The summed E-state index contributed by atoms with van der Waals surface area (Å²) in [7, 11) is 0. The van der Waals surface area contributed by atoms with Crippen molar-refractivity contribution >= 4 is 17.7 Å². The molecule has 21 heavy (non-hydrogen) atoms. The zero-order chi connectivity index (χ0) is 14.7. The Morgan fingerprint density at radius 2 is 1.95 bits per heavy atom. The van der Waals surface area contributed by atoms with Crippen LogP contribution in [0.3, 0.4) is 0 Å². The van der Waals surface area contributed by atoms with E-state index in [9.17, 15) is 4.79 Å². The summed E-state index contributed by atoms with van der Waals surface area (Å²) < 4.78 is 4.86. The zero-order valence-electron chi connectivity index (χ0n) is 11.0. The van der Waals surface area contributed by atoms with Gasteiger partial charge in [-0.25, -0.2) is 4.79 Å². The highest BCUT2D eigenvalue weighted by atomic mass is 35.5. The second kappa shape index (κ2) is 5.86. The van der Waals surface area contributed by atoms with Gasteiger partial charge < -0.3 is 10.1 Å². The van der Waals surface area contributed by atoms with Gasteiger partial charge in [-0.2, -0.15) is 0 Å². The van der Waals surface area contributed by atoms with Crippen molar-refractivity contribution in [2.75, 3.05) is 6.61 Å². The summed E-state index contributed by atoms with van der Waals surface area (Å²) in [6, 6.07) is 10.8. The van der Waals surface area contributed by atoms with Crippen LogP contribution < -0.4 is 5.32 Å². The molecule has 3 rings (SSSR count). The Kier molecular flexibility index (Phi) is 3.76. The van der Waals surface area contributed by atoms with Gasteiger partial charge in [0, 0.05) is 22.3 Å². The molecule has 1 N–H and O–H groups in total. The second-order valence-electron chi connectivity index (χ2n) is 4.52. The van der Waals surface area contributed by atoms with Gasteiger partial charge >= 0.3 is 6.09 Å². The largest absolute Gasteiger partial charge is 0.447 e. The van der Waals surface area contributed by atoms with Gasteiger partial charge in [-0.15, -0.1) is 0 Å². The molecule has 1 amide bonds. The van der Waals surface area contributed by atoms with Crippen molar-refractivity contribution in [2.45, 2.75) is 6.04 Å². The number of halogens is 1. The third kappa shape index (κ3) is 3.33. The van der Waals surface area contributed by atoms with Gasteiger partial charge in [-0.05, 0) is 36.4 Å². The smallest absolute Gasteiger partial charge is 0.407 e. The van der Waals surface area contributed by atoms with Gasteiger partial charge in [0.2, 0.25) is 0 Å². The number of nitrogens with one attached hydrogen (secondary N) is 1. The van der Waals surface area contributed by atoms with Crippen molar-refractivity contribution in [1.29, 1.82) is 0 Å². The number of hydrogen-bond acceptors (Lipinski definition) is 3. The fourth-order valence-corrected chi connectivity index (χ4v) is 2.06. The SMILES string of the molecule is O=C1N[C@H](c2cc(C#Cc3ccc(Cl)cc3)ccn2)CO1. The molecule has 0 spiro atoms. The fourth-order valence-electron chi connectivity index (χ4n) is 1.94. The first kappa shape index (κ1) is 13.5. The number of rotatable bonds is 1. The lowest BCUT2D eigenvalue weighted by atomic mass is 10.1. The summed E-state index contributed by atoms with van der Waals surface area (Å²) in [5, 5.41) is 3.37. The summed E-state index contributed by atoms with van der Waals surface area (Å²) in [4.78, 5) is 15.3. The third-order valence-corrected chi connectivity index (χ3v) is 3.26. The standard InChI is InChI=1S/C16H11ClN2O2/c17-13-5-3-11(4-6-13)1-2-12-7-8-18-14(9-12)15-10-21-16(20)19-15/h3-9,15H,10H2,(H,19,20)/t15-/m0/s1. The number of hydrogen-bond donors (Lipinski definition) is 1. The van der Waals surface area contributed by atoms with Gasteiger partial charge in [0.25, 0.3) is 0 Å². The van der Waals surface area contributed by atoms with Crippen LogP contribution in [0.2, 0.25) is 5.02 Å². The minimum atomic E-state index is -0.417. The van der Waals surface area contributed by atoms with E-state index >= 15 is 0 Å². The highest BCUT2D eigenvalue weighted by Crippen LogP contribution is 2.16. The highest BCUT2D eigenvalue weighted by molar-refractivity contribution is 6.30. The molecule has 1 aromatic heterocycles. The van der Waals surface area contributed by atoms with Crippen LogP contribution in [0.15, 0.2) is 42.6 Å². The van der Waals surface area contributed by atoms with Gasteiger partial charge in [0.1, 0.15) is 12.6 Å². The molecule has 104 valence electrons. The molecule has 4 nitrogen and oxygen atoms in total. The lowest BCUT2D eigenvalue weighted by Crippen LogP contribution is -2.19. The van der Waals surface area contributed by atoms with Gasteiger partial charge in [0.15, 0.2) is 0 Å². The van der Waals surface area contributed by atoms with Crippen LogP contribution in [0.25, 0.3) is 0 Å². The quantitative estimate of drug-likeness (QED) is 0.824. The highest BCUT2D eigenvalue weighted by Gasteiger charge is 2.24. The number of cyclic esters (lactones) is 1. The van der Waals surface area contributed by atoms with E-state index in [2.05, 4.69) is 22.1 Å². The second-order valence-corrected chi connectivity index (χ2v) is 4.96. The number of alkyl carbamates (subject to hydrolysis) is 1. The van der Waals surface area contributed by atoms with E-state index in [4.69, 9.17) is 16.3 Å². The minimum Gasteiger partial charge on any atom is -0.447 e. The molecule has 2 heterocycles. The molecule has 1 atom stereocenters. The number of pyridine rings is 1. The summed E-state index contributed by atoms with van der Waals surface area (Å²) in [5.41, 5.74) is 2.45. The van der Waals surface area contributed by atoms with Crippen LogP contribution in [-0.2, 0) is 4.74 Å². The molecule has 0 saturated carbocycles. The van der Waals surface area contributed by atoms with Crippen LogP contribution in [-0.4, -0.2) is 17.7 Å². The lowest BCUT2D eigenvalue weighted by Gasteiger charge is -2.06. The van der Waals surface area contributed by atoms with Gasteiger partial charge in [-0.1, -0.05) is 23.4 Å². The Balaban J connectivity index is 1.80. The fraction of sp³-hybridized carbons (Fsp3) is 0.125. The molecule has 1 fully saturated rings. The van der Waals surface area contributed by atoms with Crippen LogP contribution >= 0.6 is 11.6 Å². The van der Waals surface area contributed by atoms with Crippen LogP contribution in [0.4, 0.5) is 4.79 Å².